The fourth-order valence-electron chi connectivity index (χ4n) is 1.34. The van der Waals surface area contributed by atoms with Crippen LogP contribution in [0.3, 0.4) is 0 Å². The zero-order chi connectivity index (χ0) is 8.55. The van der Waals surface area contributed by atoms with Crippen LogP contribution in [0.1, 0.15) is 17.2 Å². The minimum Gasteiger partial charge on any atom is -0.496 e. The molecule has 1 aliphatic heterocycles. The van der Waals surface area contributed by atoms with Gasteiger partial charge in [0.15, 0.2) is 0 Å². The first kappa shape index (κ1) is 7.62. The molecular weight excluding hydrogens is 152 g/mol. The van der Waals surface area contributed by atoms with Crippen LogP contribution in [0, 0.1) is 6.92 Å². The first-order valence-electron chi connectivity index (χ1n) is 4.07. The van der Waals surface area contributed by atoms with Crippen LogP contribution >= 0.6 is 0 Å². The Hall–Kier alpha value is -1.02. The van der Waals surface area contributed by atoms with Crippen molar-refractivity contribution in [2.75, 3.05) is 13.7 Å². The maximum Gasteiger partial charge on any atom is 0.121 e. The van der Waals surface area contributed by atoms with Gasteiger partial charge in [-0.1, -0.05) is 6.07 Å². The normalized spacial score (nSPS) is 20.7. The zero-order valence-electron chi connectivity index (χ0n) is 7.33. The average Bonchev–Trinajstić information content (AvgIpc) is 2.86. The summed E-state index contributed by atoms with van der Waals surface area (Å²) >= 11 is 0. The van der Waals surface area contributed by atoms with Gasteiger partial charge in [0.1, 0.15) is 11.9 Å². The second kappa shape index (κ2) is 2.79. The summed E-state index contributed by atoms with van der Waals surface area (Å²) in [5.74, 6) is 0.944. The van der Waals surface area contributed by atoms with Gasteiger partial charge in [-0.3, -0.25) is 0 Å². The largest absolute Gasteiger partial charge is 0.496 e. The number of rotatable bonds is 2. The topological polar surface area (TPSA) is 21.8 Å². The van der Waals surface area contributed by atoms with Gasteiger partial charge in [-0.2, -0.15) is 0 Å². The highest BCUT2D eigenvalue weighted by atomic mass is 16.6. The number of methoxy groups -OCH3 is 1. The van der Waals surface area contributed by atoms with Crippen molar-refractivity contribution < 1.29 is 9.47 Å². The lowest BCUT2D eigenvalue weighted by atomic mass is 10.1. The van der Waals surface area contributed by atoms with Crippen molar-refractivity contribution in [3.8, 4) is 5.75 Å². The van der Waals surface area contributed by atoms with E-state index in [1.54, 1.807) is 7.11 Å². The molecule has 0 saturated carbocycles. The van der Waals surface area contributed by atoms with Crippen molar-refractivity contribution in [3.05, 3.63) is 29.3 Å². The molecular formula is C10H12O2. The van der Waals surface area contributed by atoms with Crippen LogP contribution in [0.15, 0.2) is 18.2 Å². The summed E-state index contributed by atoms with van der Waals surface area (Å²) in [7, 11) is 1.69. The van der Waals surface area contributed by atoms with E-state index in [-0.39, 0.29) is 0 Å². The van der Waals surface area contributed by atoms with Crippen molar-refractivity contribution in [1.29, 1.82) is 0 Å². The molecule has 1 aromatic rings. The van der Waals surface area contributed by atoms with Crippen LogP contribution in [-0.2, 0) is 4.74 Å². The molecule has 1 atom stereocenters. The number of aryl methyl sites for hydroxylation is 1. The molecule has 1 heterocycles. The van der Waals surface area contributed by atoms with E-state index >= 15 is 0 Å². The Balaban J connectivity index is 2.30. The Bertz CT molecular complexity index is 290. The van der Waals surface area contributed by atoms with Gasteiger partial charge in [-0.05, 0) is 30.2 Å². The Morgan fingerprint density at radius 1 is 1.50 bits per heavy atom. The molecule has 64 valence electrons. The third-order valence-electron chi connectivity index (χ3n) is 2.12. The first-order chi connectivity index (χ1) is 5.81. The van der Waals surface area contributed by atoms with E-state index < -0.39 is 0 Å². The molecule has 2 rings (SSSR count). The number of hydrogen-bond acceptors (Lipinski definition) is 2. The zero-order valence-corrected chi connectivity index (χ0v) is 7.33. The Morgan fingerprint density at radius 2 is 2.25 bits per heavy atom. The van der Waals surface area contributed by atoms with Gasteiger partial charge in [0.05, 0.1) is 13.7 Å². The van der Waals surface area contributed by atoms with E-state index in [0.717, 1.165) is 12.4 Å². The summed E-state index contributed by atoms with van der Waals surface area (Å²) in [6.07, 6.45) is 0.342. The molecule has 0 bridgehead atoms. The predicted octanol–water partition coefficient (Wildman–Crippen LogP) is 2.07. The lowest BCUT2D eigenvalue weighted by Crippen LogP contribution is -1.88. The highest BCUT2D eigenvalue weighted by Gasteiger charge is 2.24. The molecule has 0 spiro atoms. The predicted molar refractivity (Wildman–Crippen MR) is 46.4 cm³/mol. The van der Waals surface area contributed by atoms with Gasteiger partial charge in [-0.25, -0.2) is 0 Å². The van der Waals surface area contributed by atoms with E-state index in [1.165, 1.54) is 11.1 Å². The highest BCUT2D eigenvalue weighted by Crippen LogP contribution is 2.32. The van der Waals surface area contributed by atoms with E-state index in [0.29, 0.717) is 6.10 Å². The van der Waals surface area contributed by atoms with Gasteiger partial charge in [0.2, 0.25) is 0 Å². The lowest BCUT2D eigenvalue weighted by Gasteiger charge is -2.04. The standard InChI is InChI=1S/C10H12O2/c1-7-5-8(10-6-12-10)3-4-9(7)11-2/h3-5,10H,6H2,1-2H3/t10-/m0/s1. The maximum absolute atomic E-state index is 5.18. The average molecular weight is 164 g/mol. The second-order valence-corrected chi connectivity index (χ2v) is 3.05. The van der Waals surface area contributed by atoms with E-state index in [4.69, 9.17) is 9.47 Å². The van der Waals surface area contributed by atoms with Gasteiger partial charge in [-0.15, -0.1) is 0 Å². The minimum atomic E-state index is 0.342. The van der Waals surface area contributed by atoms with Crippen molar-refractivity contribution in [2.24, 2.45) is 0 Å². The molecule has 1 aliphatic rings. The van der Waals surface area contributed by atoms with Crippen LogP contribution < -0.4 is 4.74 Å². The number of ether oxygens (including phenoxy) is 2. The summed E-state index contributed by atoms with van der Waals surface area (Å²) in [5.41, 5.74) is 2.43. The van der Waals surface area contributed by atoms with Crippen LogP contribution in [0.4, 0.5) is 0 Å². The number of epoxide rings is 1. The smallest absolute Gasteiger partial charge is 0.121 e. The molecule has 0 aromatic heterocycles. The Kier molecular flexibility index (Phi) is 1.77. The monoisotopic (exact) mass is 164 g/mol. The molecule has 0 unspecified atom stereocenters. The van der Waals surface area contributed by atoms with Crippen LogP contribution in [0.2, 0.25) is 0 Å². The van der Waals surface area contributed by atoms with E-state index in [1.807, 2.05) is 13.0 Å². The first-order valence-corrected chi connectivity index (χ1v) is 4.07. The molecule has 2 heteroatoms. The fourth-order valence-corrected chi connectivity index (χ4v) is 1.34. The molecule has 1 saturated heterocycles. The van der Waals surface area contributed by atoms with Gasteiger partial charge < -0.3 is 9.47 Å². The second-order valence-electron chi connectivity index (χ2n) is 3.05. The fraction of sp³-hybridized carbons (Fsp3) is 0.400. The van der Waals surface area contributed by atoms with Crippen LogP contribution in [0.25, 0.3) is 0 Å². The summed E-state index contributed by atoms with van der Waals surface area (Å²) < 4.78 is 10.3. The van der Waals surface area contributed by atoms with Gasteiger partial charge >= 0.3 is 0 Å². The molecule has 1 fully saturated rings. The summed E-state index contributed by atoms with van der Waals surface area (Å²) in [5, 5.41) is 0. The quantitative estimate of drug-likeness (QED) is 0.624. The third kappa shape index (κ3) is 1.30. The van der Waals surface area contributed by atoms with E-state index in [2.05, 4.69) is 12.1 Å². The Morgan fingerprint density at radius 3 is 2.75 bits per heavy atom. The van der Waals surface area contributed by atoms with E-state index in [9.17, 15) is 0 Å². The molecule has 0 N–H and O–H groups in total. The minimum absolute atomic E-state index is 0.342. The molecule has 1 aromatic carbocycles. The molecule has 0 amide bonds. The van der Waals surface area contributed by atoms with Crippen LogP contribution in [0.5, 0.6) is 5.75 Å². The number of benzene rings is 1. The SMILES string of the molecule is COc1ccc([C@@H]2CO2)cc1C. The molecule has 0 radical (unpaired) electrons. The summed E-state index contributed by atoms with van der Waals surface area (Å²) in [6.45, 7) is 2.91. The lowest BCUT2D eigenvalue weighted by molar-refractivity contribution is 0.407. The molecule has 0 aliphatic carbocycles. The number of hydrogen-bond donors (Lipinski definition) is 0. The van der Waals surface area contributed by atoms with Crippen molar-refractivity contribution in [3.63, 3.8) is 0 Å². The summed E-state index contributed by atoms with van der Waals surface area (Å²) in [4.78, 5) is 0. The van der Waals surface area contributed by atoms with Crippen molar-refractivity contribution in [2.45, 2.75) is 13.0 Å². The van der Waals surface area contributed by atoms with Gasteiger partial charge in [0, 0.05) is 0 Å². The Labute approximate surface area is 72.1 Å². The maximum atomic E-state index is 5.18. The molecule has 2 nitrogen and oxygen atoms in total. The molecule has 12 heavy (non-hydrogen) atoms. The van der Waals surface area contributed by atoms with Gasteiger partial charge in [0.25, 0.3) is 0 Å². The summed E-state index contributed by atoms with van der Waals surface area (Å²) in [6, 6.07) is 6.17. The van der Waals surface area contributed by atoms with Crippen molar-refractivity contribution >= 4 is 0 Å². The van der Waals surface area contributed by atoms with Crippen LogP contribution in [-0.4, -0.2) is 13.7 Å². The third-order valence-corrected chi connectivity index (χ3v) is 2.12. The highest BCUT2D eigenvalue weighted by molar-refractivity contribution is 5.37. The van der Waals surface area contributed by atoms with Crippen molar-refractivity contribution in [1.82, 2.24) is 0 Å².